The molecule has 2 rings (SSSR count). The fraction of sp³-hybridized carbons (Fsp3) is 0.947. The van der Waals surface area contributed by atoms with Crippen LogP contribution in [-0.4, -0.2) is 61.1 Å². The van der Waals surface area contributed by atoms with Crippen molar-refractivity contribution >= 4 is 15.9 Å². The number of hydroxylamine groups is 1. The van der Waals surface area contributed by atoms with Gasteiger partial charge in [0.25, 0.3) is 5.91 Å². The van der Waals surface area contributed by atoms with Gasteiger partial charge in [-0.05, 0) is 25.2 Å². The highest BCUT2D eigenvalue weighted by Gasteiger charge is 2.54. The molecule has 11 heteroatoms. The quantitative estimate of drug-likeness (QED) is 0.297. The molecule has 2 heterocycles. The van der Waals surface area contributed by atoms with Gasteiger partial charge >= 0.3 is 6.18 Å². The van der Waals surface area contributed by atoms with Crippen molar-refractivity contribution in [1.82, 2.24) is 9.79 Å². The summed E-state index contributed by atoms with van der Waals surface area (Å²) in [6, 6.07) is 0. The fourth-order valence-corrected chi connectivity index (χ4v) is 6.53. The van der Waals surface area contributed by atoms with Crippen molar-refractivity contribution in [3.63, 3.8) is 0 Å². The monoisotopic (exact) mass is 458 g/mol. The lowest BCUT2D eigenvalue weighted by molar-refractivity contribution is -0.136. The normalized spacial score (nSPS) is 21.5. The number of rotatable bonds is 10. The summed E-state index contributed by atoms with van der Waals surface area (Å²) < 4.78 is 67.7. The highest BCUT2D eigenvalue weighted by Crippen LogP contribution is 2.35. The zero-order valence-corrected chi connectivity index (χ0v) is 18.1. The molecule has 0 aromatic rings. The third kappa shape index (κ3) is 6.54. The van der Waals surface area contributed by atoms with Gasteiger partial charge in [-0.1, -0.05) is 32.1 Å². The predicted octanol–water partition coefficient (Wildman–Crippen LogP) is 3.38. The molecule has 0 spiro atoms. The van der Waals surface area contributed by atoms with Gasteiger partial charge < -0.3 is 4.74 Å². The van der Waals surface area contributed by atoms with Crippen molar-refractivity contribution in [3.05, 3.63) is 0 Å². The Bertz CT molecular complexity index is 643. The highest BCUT2D eigenvalue weighted by molar-refractivity contribution is 7.91. The Morgan fingerprint density at radius 3 is 2.20 bits per heavy atom. The first-order valence-electron chi connectivity index (χ1n) is 10.7. The summed E-state index contributed by atoms with van der Waals surface area (Å²) in [7, 11) is -3.94. The SMILES string of the molecule is O=C(NO)C1(S(=O)(=O)N2CCC(CCCCCCCC(F)(F)F)CC2)CCOCC1. The van der Waals surface area contributed by atoms with Gasteiger partial charge in [-0.25, -0.2) is 18.2 Å². The van der Waals surface area contributed by atoms with Crippen LogP contribution < -0.4 is 5.48 Å². The second kappa shape index (κ2) is 11.1. The molecule has 0 atom stereocenters. The number of hydrogen-bond donors (Lipinski definition) is 2. The number of carbonyl (C=O) groups excluding carboxylic acids is 1. The molecule has 2 N–H and O–H groups in total. The van der Waals surface area contributed by atoms with E-state index >= 15 is 0 Å². The van der Waals surface area contributed by atoms with Crippen molar-refractivity contribution in [2.75, 3.05) is 26.3 Å². The summed E-state index contributed by atoms with van der Waals surface area (Å²) in [6.07, 6.45) is 0.897. The molecule has 0 aromatic carbocycles. The van der Waals surface area contributed by atoms with E-state index in [9.17, 15) is 26.4 Å². The van der Waals surface area contributed by atoms with E-state index in [-0.39, 0.29) is 32.5 Å². The van der Waals surface area contributed by atoms with Crippen LogP contribution in [0.5, 0.6) is 0 Å². The maximum Gasteiger partial charge on any atom is 0.389 e. The fourth-order valence-electron chi connectivity index (χ4n) is 4.38. The van der Waals surface area contributed by atoms with Crippen LogP contribution >= 0.6 is 0 Å². The zero-order valence-electron chi connectivity index (χ0n) is 17.3. The summed E-state index contributed by atoms with van der Waals surface area (Å²) in [5.41, 5.74) is 1.52. The molecule has 2 saturated heterocycles. The molecule has 0 aromatic heterocycles. The van der Waals surface area contributed by atoms with Gasteiger partial charge in [0.15, 0.2) is 4.75 Å². The number of carbonyl (C=O) groups is 1. The van der Waals surface area contributed by atoms with Crippen molar-refractivity contribution in [2.24, 2.45) is 5.92 Å². The molecule has 0 aliphatic carbocycles. The van der Waals surface area contributed by atoms with Crippen molar-refractivity contribution in [1.29, 1.82) is 0 Å². The van der Waals surface area contributed by atoms with E-state index in [4.69, 9.17) is 9.94 Å². The van der Waals surface area contributed by atoms with Crippen LogP contribution in [0.15, 0.2) is 0 Å². The van der Waals surface area contributed by atoms with E-state index in [1.165, 1.54) is 9.79 Å². The lowest BCUT2D eigenvalue weighted by Gasteiger charge is -2.40. The number of nitrogens with one attached hydrogen (secondary N) is 1. The standard InChI is InChI=1S/C19H33F3N2O5S/c20-19(21,22)9-5-3-1-2-4-6-16-7-12-24(13-8-16)30(27,28)18(17(25)23-26)10-14-29-15-11-18/h16,26H,1-15H2,(H,23,25). The van der Waals surface area contributed by atoms with Gasteiger partial charge in [-0.15, -0.1) is 0 Å². The van der Waals surface area contributed by atoms with E-state index in [0.717, 1.165) is 25.7 Å². The van der Waals surface area contributed by atoms with Gasteiger partial charge in [0.2, 0.25) is 10.0 Å². The largest absolute Gasteiger partial charge is 0.389 e. The summed E-state index contributed by atoms with van der Waals surface area (Å²) in [5, 5.41) is 9.09. The summed E-state index contributed by atoms with van der Waals surface area (Å²) in [6.45, 7) is 0.956. The second-order valence-electron chi connectivity index (χ2n) is 8.32. The molecular weight excluding hydrogens is 425 g/mol. The number of amides is 1. The number of piperidine rings is 1. The lowest BCUT2D eigenvalue weighted by Crippen LogP contribution is -2.60. The molecule has 2 aliphatic heterocycles. The molecule has 176 valence electrons. The van der Waals surface area contributed by atoms with Crippen molar-refractivity contribution in [3.8, 4) is 0 Å². The van der Waals surface area contributed by atoms with Crippen LogP contribution in [0.25, 0.3) is 0 Å². The first kappa shape index (κ1) is 25.4. The predicted molar refractivity (Wildman–Crippen MR) is 104 cm³/mol. The van der Waals surface area contributed by atoms with Gasteiger partial charge in [0, 0.05) is 45.6 Å². The Balaban J connectivity index is 1.76. The Kier molecular flexibility index (Phi) is 9.38. The summed E-state index contributed by atoms with van der Waals surface area (Å²) in [5.74, 6) is -0.526. The van der Waals surface area contributed by atoms with E-state index in [2.05, 4.69) is 0 Å². The van der Waals surface area contributed by atoms with Crippen LogP contribution in [-0.2, 0) is 19.6 Å². The van der Waals surface area contributed by atoms with Crippen LogP contribution in [0.4, 0.5) is 13.2 Å². The Morgan fingerprint density at radius 2 is 1.63 bits per heavy atom. The first-order chi connectivity index (χ1) is 14.1. The van der Waals surface area contributed by atoms with Crippen molar-refractivity contribution in [2.45, 2.75) is 81.6 Å². The van der Waals surface area contributed by atoms with Gasteiger partial charge in [-0.2, -0.15) is 13.2 Å². The molecule has 0 radical (unpaired) electrons. The van der Waals surface area contributed by atoms with E-state index in [0.29, 0.717) is 38.3 Å². The Hall–Kier alpha value is -0.910. The molecule has 7 nitrogen and oxygen atoms in total. The van der Waals surface area contributed by atoms with Gasteiger partial charge in [0.1, 0.15) is 0 Å². The average molecular weight is 459 g/mol. The lowest BCUT2D eigenvalue weighted by atomic mass is 9.92. The average Bonchev–Trinajstić information content (AvgIpc) is 2.72. The number of ether oxygens (including phenoxy) is 1. The maximum atomic E-state index is 13.2. The minimum Gasteiger partial charge on any atom is -0.381 e. The van der Waals surface area contributed by atoms with E-state index < -0.39 is 33.3 Å². The van der Waals surface area contributed by atoms with Gasteiger partial charge in [-0.3, -0.25) is 10.0 Å². The van der Waals surface area contributed by atoms with E-state index in [1.807, 2.05) is 0 Å². The number of hydrogen-bond acceptors (Lipinski definition) is 5. The van der Waals surface area contributed by atoms with E-state index in [1.54, 1.807) is 0 Å². The summed E-state index contributed by atoms with van der Waals surface area (Å²) in [4.78, 5) is 12.3. The number of sulfonamides is 1. The first-order valence-corrected chi connectivity index (χ1v) is 12.1. The third-order valence-electron chi connectivity index (χ3n) is 6.30. The van der Waals surface area contributed by atoms with Crippen LogP contribution in [0.2, 0.25) is 0 Å². The topological polar surface area (TPSA) is 95.9 Å². The minimum atomic E-state index is -4.07. The number of unbranched alkanes of at least 4 members (excludes halogenated alkanes) is 4. The molecule has 2 fully saturated rings. The zero-order chi connectivity index (χ0) is 22.3. The number of nitrogens with zero attached hydrogens (tertiary/aromatic N) is 1. The summed E-state index contributed by atoms with van der Waals surface area (Å²) >= 11 is 0. The smallest absolute Gasteiger partial charge is 0.381 e. The highest BCUT2D eigenvalue weighted by atomic mass is 32.2. The molecule has 30 heavy (non-hydrogen) atoms. The van der Waals surface area contributed by atoms with Gasteiger partial charge in [0.05, 0.1) is 0 Å². The van der Waals surface area contributed by atoms with Crippen LogP contribution in [0.1, 0.15) is 70.6 Å². The molecule has 2 aliphatic rings. The third-order valence-corrected chi connectivity index (χ3v) is 8.92. The van der Waals surface area contributed by atoms with Crippen LogP contribution in [0, 0.1) is 5.92 Å². The second-order valence-corrected chi connectivity index (χ2v) is 10.6. The molecule has 0 unspecified atom stereocenters. The number of alkyl halides is 3. The molecule has 0 bridgehead atoms. The molecular formula is C19H33F3N2O5S. The van der Waals surface area contributed by atoms with Crippen molar-refractivity contribution < 1.29 is 36.3 Å². The Labute approximate surface area is 176 Å². The van der Waals surface area contributed by atoms with Crippen LogP contribution in [0.3, 0.4) is 0 Å². The number of halogens is 3. The minimum absolute atomic E-state index is 0.00991. The molecule has 1 amide bonds. The maximum absolute atomic E-state index is 13.2. The molecule has 0 saturated carbocycles. The Morgan fingerprint density at radius 1 is 1.07 bits per heavy atom.